The van der Waals surface area contributed by atoms with Crippen LogP contribution in [0.2, 0.25) is 0 Å². The lowest BCUT2D eigenvalue weighted by atomic mass is 10.1. The van der Waals surface area contributed by atoms with Crippen LogP contribution in [0.4, 0.5) is 0 Å². The normalized spacial score (nSPS) is 18.3. The van der Waals surface area contributed by atoms with Crippen LogP contribution in [-0.2, 0) is 19.4 Å². The van der Waals surface area contributed by atoms with Gasteiger partial charge in [0, 0.05) is 18.0 Å². The van der Waals surface area contributed by atoms with Crippen LogP contribution in [0.5, 0.6) is 0 Å². The number of amides is 1. The molecule has 1 aromatic heterocycles. The molecule has 2 heterocycles. The fourth-order valence-corrected chi connectivity index (χ4v) is 4.94. The number of hydrogen-bond acceptors (Lipinski definition) is 7. The molecule has 3 rings (SSSR count). The van der Waals surface area contributed by atoms with Gasteiger partial charge in [-0.05, 0) is 19.4 Å². The Labute approximate surface area is 155 Å². The van der Waals surface area contributed by atoms with E-state index < -0.39 is 39.9 Å². The monoisotopic (exact) mass is 393 g/mol. The standard InChI is InChI=1S/C17H19N3O6S/c1-2-20(11-7-8-27(24,25)10-11)14(21)9-26-17(23)15-12-5-3-4-6-13(12)16(22)19-18-15/h3-6,11H,2,7-10H2,1H3,(H,19,22). The van der Waals surface area contributed by atoms with E-state index in [9.17, 15) is 22.8 Å². The van der Waals surface area contributed by atoms with Gasteiger partial charge in [0.05, 0.1) is 16.9 Å². The second-order valence-corrected chi connectivity index (χ2v) is 8.49. The summed E-state index contributed by atoms with van der Waals surface area (Å²) in [6.07, 6.45) is 0.377. The highest BCUT2D eigenvalue weighted by Crippen LogP contribution is 2.18. The third-order valence-electron chi connectivity index (χ3n) is 4.53. The third-order valence-corrected chi connectivity index (χ3v) is 6.28. The molecule has 0 spiro atoms. The molecule has 1 unspecified atom stereocenters. The summed E-state index contributed by atoms with van der Waals surface area (Å²) in [6, 6.07) is 6.03. The smallest absolute Gasteiger partial charge is 0.359 e. The van der Waals surface area contributed by atoms with Gasteiger partial charge in [-0.3, -0.25) is 9.59 Å². The van der Waals surface area contributed by atoms with E-state index in [1.807, 2.05) is 0 Å². The molecule has 1 fully saturated rings. The topological polar surface area (TPSA) is 126 Å². The second kappa shape index (κ2) is 7.47. The van der Waals surface area contributed by atoms with Crippen LogP contribution >= 0.6 is 0 Å². The summed E-state index contributed by atoms with van der Waals surface area (Å²) >= 11 is 0. The second-order valence-electron chi connectivity index (χ2n) is 6.26. The SMILES string of the molecule is CCN(C(=O)COC(=O)c1n[nH]c(=O)c2ccccc12)C1CCS(=O)(=O)C1. The molecule has 0 bridgehead atoms. The maximum absolute atomic E-state index is 12.4. The summed E-state index contributed by atoms with van der Waals surface area (Å²) in [5.41, 5.74) is -0.526. The number of aromatic amines is 1. The van der Waals surface area contributed by atoms with Crippen LogP contribution in [0.15, 0.2) is 29.1 Å². The fraction of sp³-hybridized carbons (Fsp3) is 0.412. The van der Waals surface area contributed by atoms with Gasteiger partial charge in [0.2, 0.25) is 0 Å². The number of hydrogen-bond donors (Lipinski definition) is 1. The van der Waals surface area contributed by atoms with E-state index >= 15 is 0 Å². The Balaban J connectivity index is 1.71. The van der Waals surface area contributed by atoms with Crippen LogP contribution < -0.4 is 5.56 Å². The number of esters is 1. The van der Waals surface area contributed by atoms with Gasteiger partial charge in [-0.15, -0.1) is 0 Å². The number of sulfone groups is 1. The van der Waals surface area contributed by atoms with Crippen molar-refractivity contribution in [3.05, 3.63) is 40.3 Å². The molecular formula is C17H19N3O6S. The van der Waals surface area contributed by atoms with Crippen LogP contribution in [0.3, 0.4) is 0 Å². The number of rotatable bonds is 5. The molecule has 1 aliphatic heterocycles. The maximum atomic E-state index is 12.4. The number of H-pyrrole nitrogens is 1. The minimum atomic E-state index is -3.13. The average Bonchev–Trinajstić information content (AvgIpc) is 3.00. The summed E-state index contributed by atoms with van der Waals surface area (Å²) in [6.45, 7) is 1.52. The lowest BCUT2D eigenvalue weighted by molar-refractivity contribution is -0.136. The van der Waals surface area contributed by atoms with Crippen molar-refractivity contribution in [2.75, 3.05) is 24.7 Å². The number of benzene rings is 1. The van der Waals surface area contributed by atoms with Crippen molar-refractivity contribution in [1.82, 2.24) is 15.1 Å². The van der Waals surface area contributed by atoms with Gasteiger partial charge in [-0.2, -0.15) is 5.10 Å². The number of fused-ring (bicyclic) bond motifs is 1. The van der Waals surface area contributed by atoms with Crippen molar-refractivity contribution in [3.63, 3.8) is 0 Å². The first-order valence-corrected chi connectivity index (χ1v) is 10.3. The highest BCUT2D eigenvalue weighted by Gasteiger charge is 2.34. The van der Waals surface area contributed by atoms with E-state index in [1.54, 1.807) is 31.2 Å². The molecule has 0 saturated carbocycles. The molecule has 1 saturated heterocycles. The lowest BCUT2D eigenvalue weighted by Gasteiger charge is -2.26. The van der Waals surface area contributed by atoms with Gasteiger partial charge in [-0.25, -0.2) is 18.3 Å². The van der Waals surface area contributed by atoms with E-state index in [1.165, 1.54) is 4.90 Å². The highest BCUT2D eigenvalue weighted by molar-refractivity contribution is 7.91. The van der Waals surface area contributed by atoms with Crippen molar-refractivity contribution in [1.29, 1.82) is 0 Å². The lowest BCUT2D eigenvalue weighted by Crippen LogP contribution is -2.43. The molecule has 1 N–H and O–H groups in total. The summed E-state index contributed by atoms with van der Waals surface area (Å²) < 4.78 is 28.3. The zero-order valence-corrected chi connectivity index (χ0v) is 15.5. The van der Waals surface area contributed by atoms with Crippen LogP contribution in [-0.4, -0.2) is 66.1 Å². The number of nitrogens with zero attached hydrogens (tertiary/aromatic N) is 2. The van der Waals surface area contributed by atoms with Gasteiger partial charge in [-0.1, -0.05) is 18.2 Å². The van der Waals surface area contributed by atoms with E-state index in [0.29, 0.717) is 18.4 Å². The molecule has 2 aromatic rings. The number of ether oxygens (including phenoxy) is 1. The van der Waals surface area contributed by atoms with Crippen molar-refractivity contribution in [2.45, 2.75) is 19.4 Å². The largest absolute Gasteiger partial charge is 0.451 e. The van der Waals surface area contributed by atoms with Gasteiger partial charge in [0.25, 0.3) is 11.5 Å². The van der Waals surface area contributed by atoms with E-state index in [0.717, 1.165) is 0 Å². The number of carbonyl (C=O) groups excluding carboxylic acids is 2. The fourth-order valence-electron chi connectivity index (χ4n) is 3.21. The third kappa shape index (κ3) is 4.00. The average molecular weight is 393 g/mol. The molecule has 1 aliphatic rings. The molecule has 144 valence electrons. The Morgan fingerprint density at radius 2 is 2.00 bits per heavy atom. The van der Waals surface area contributed by atoms with E-state index in [2.05, 4.69) is 10.2 Å². The number of nitrogens with one attached hydrogen (secondary N) is 1. The van der Waals surface area contributed by atoms with Crippen molar-refractivity contribution >= 4 is 32.5 Å². The molecule has 10 heteroatoms. The predicted molar refractivity (Wildman–Crippen MR) is 97.1 cm³/mol. The Hall–Kier alpha value is -2.75. The minimum Gasteiger partial charge on any atom is -0.451 e. The first kappa shape index (κ1) is 19.0. The Morgan fingerprint density at radius 3 is 2.63 bits per heavy atom. The maximum Gasteiger partial charge on any atom is 0.359 e. The molecule has 0 radical (unpaired) electrons. The van der Waals surface area contributed by atoms with Crippen molar-refractivity contribution in [2.24, 2.45) is 0 Å². The number of carbonyl (C=O) groups is 2. The Bertz CT molecular complexity index is 1050. The Kier molecular flexibility index (Phi) is 5.26. The number of likely N-dealkylation sites (N-methyl/N-ethyl adjacent to an activating group) is 1. The number of aromatic nitrogens is 2. The highest BCUT2D eigenvalue weighted by atomic mass is 32.2. The minimum absolute atomic E-state index is 0.0501. The molecule has 27 heavy (non-hydrogen) atoms. The van der Waals surface area contributed by atoms with Gasteiger partial charge < -0.3 is 9.64 Å². The van der Waals surface area contributed by atoms with Crippen molar-refractivity contribution < 1.29 is 22.7 Å². The molecule has 0 aliphatic carbocycles. The molecule has 9 nitrogen and oxygen atoms in total. The zero-order chi connectivity index (χ0) is 19.6. The first-order valence-electron chi connectivity index (χ1n) is 8.47. The molecule has 1 atom stereocenters. The summed E-state index contributed by atoms with van der Waals surface area (Å²) in [5, 5.41) is 6.58. The Morgan fingerprint density at radius 1 is 1.30 bits per heavy atom. The van der Waals surface area contributed by atoms with Gasteiger partial charge >= 0.3 is 5.97 Å². The van der Waals surface area contributed by atoms with E-state index in [-0.39, 0.29) is 22.6 Å². The summed E-state index contributed by atoms with van der Waals surface area (Å²) in [7, 11) is -3.13. The first-order chi connectivity index (χ1) is 12.8. The summed E-state index contributed by atoms with van der Waals surface area (Å²) in [5.74, 6) is -1.34. The molecule has 1 amide bonds. The predicted octanol–water partition coefficient (Wildman–Crippen LogP) is 0.115. The molecular weight excluding hydrogens is 374 g/mol. The van der Waals surface area contributed by atoms with E-state index in [4.69, 9.17) is 4.74 Å². The van der Waals surface area contributed by atoms with Gasteiger partial charge in [0.15, 0.2) is 22.1 Å². The van der Waals surface area contributed by atoms with Crippen LogP contribution in [0.25, 0.3) is 10.8 Å². The molecule has 1 aromatic carbocycles. The van der Waals surface area contributed by atoms with Gasteiger partial charge in [0.1, 0.15) is 0 Å². The zero-order valence-electron chi connectivity index (χ0n) is 14.7. The quantitative estimate of drug-likeness (QED) is 0.715. The van der Waals surface area contributed by atoms with Crippen LogP contribution in [0, 0.1) is 0 Å². The summed E-state index contributed by atoms with van der Waals surface area (Å²) in [4.78, 5) is 37.9. The van der Waals surface area contributed by atoms with Crippen molar-refractivity contribution in [3.8, 4) is 0 Å². The van der Waals surface area contributed by atoms with Crippen LogP contribution in [0.1, 0.15) is 23.8 Å².